The molecular weight excluding hydrogens is 428 g/mol. The summed E-state index contributed by atoms with van der Waals surface area (Å²) >= 11 is 5.76. The van der Waals surface area contributed by atoms with Crippen LogP contribution in [0.15, 0.2) is 30.3 Å². The summed E-state index contributed by atoms with van der Waals surface area (Å²) in [6.45, 7) is 1.17. The number of nitrogens with one attached hydrogen (secondary N) is 3. The minimum atomic E-state index is -0.609. The molecule has 1 aliphatic carbocycles. The lowest BCUT2D eigenvalue weighted by atomic mass is 10.0. The third-order valence-electron chi connectivity index (χ3n) is 5.63. The van der Waals surface area contributed by atoms with Crippen LogP contribution in [0.4, 0.5) is 19.3 Å². The smallest absolute Gasteiger partial charge is 0.407 e. The molecular formula is C22H22ClF2N3O3. The number of carbonyl (C=O) groups excluding carboxylic acids is 2. The lowest BCUT2D eigenvalue weighted by Crippen LogP contribution is -2.33. The Hall–Kier alpha value is -2.71. The summed E-state index contributed by atoms with van der Waals surface area (Å²) in [5.74, 6) is -1.54. The summed E-state index contributed by atoms with van der Waals surface area (Å²) in [6.07, 6.45) is 2.27. The summed E-state index contributed by atoms with van der Waals surface area (Å²) in [5.41, 5.74) is 1.45. The van der Waals surface area contributed by atoms with E-state index in [1.54, 1.807) is 0 Å². The third kappa shape index (κ3) is 4.80. The molecule has 164 valence electrons. The number of hydrogen-bond donors (Lipinski definition) is 3. The molecule has 3 N–H and O–H groups in total. The summed E-state index contributed by atoms with van der Waals surface area (Å²) in [4.78, 5) is 25.0. The predicted octanol–water partition coefficient (Wildman–Crippen LogP) is 4.34. The van der Waals surface area contributed by atoms with E-state index in [0.717, 1.165) is 25.5 Å². The van der Waals surface area contributed by atoms with Crippen molar-refractivity contribution in [2.24, 2.45) is 0 Å². The van der Waals surface area contributed by atoms with Gasteiger partial charge in [0.15, 0.2) is 0 Å². The number of amides is 2. The predicted molar refractivity (Wildman–Crippen MR) is 112 cm³/mol. The number of halogens is 3. The fourth-order valence-corrected chi connectivity index (χ4v) is 4.28. The van der Waals surface area contributed by atoms with Crippen molar-refractivity contribution in [3.63, 3.8) is 0 Å². The molecule has 1 aliphatic heterocycles. The van der Waals surface area contributed by atoms with Crippen LogP contribution in [0.25, 0.3) is 0 Å². The first kappa shape index (κ1) is 21.5. The molecule has 0 radical (unpaired) electrons. The highest BCUT2D eigenvalue weighted by Gasteiger charge is 2.31. The van der Waals surface area contributed by atoms with Gasteiger partial charge in [-0.25, -0.2) is 13.6 Å². The van der Waals surface area contributed by atoms with Gasteiger partial charge in [0.05, 0.1) is 11.1 Å². The van der Waals surface area contributed by atoms with Gasteiger partial charge in [0, 0.05) is 22.9 Å². The zero-order valence-electron chi connectivity index (χ0n) is 16.6. The van der Waals surface area contributed by atoms with E-state index < -0.39 is 29.7 Å². The van der Waals surface area contributed by atoms with Gasteiger partial charge >= 0.3 is 6.09 Å². The quantitative estimate of drug-likeness (QED) is 0.634. The number of hydrogen-bond acceptors (Lipinski definition) is 4. The van der Waals surface area contributed by atoms with Crippen LogP contribution in [-0.4, -0.2) is 31.2 Å². The van der Waals surface area contributed by atoms with Crippen LogP contribution in [0.2, 0.25) is 5.02 Å². The highest BCUT2D eigenvalue weighted by Crippen LogP contribution is 2.36. The molecule has 2 aromatic carbocycles. The zero-order valence-corrected chi connectivity index (χ0v) is 17.4. The van der Waals surface area contributed by atoms with Gasteiger partial charge in [0.1, 0.15) is 18.2 Å². The van der Waals surface area contributed by atoms with Crippen LogP contribution in [0.5, 0.6) is 0 Å². The molecule has 0 spiro atoms. The Kier molecular flexibility index (Phi) is 6.38. The van der Waals surface area contributed by atoms with Gasteiger partial charge < -0.3 is 20.7 Å². The van der Waals surface area contributed by atoms with E-state index in [4.69, 9.17) is 16.3 Å². The van der Waals surface area contributed by atoms with E-state index in [2.05, 4.69) is 16.0 Å². The second-order valence-electron chi connectivity index (χ2n) is 7.70. The van der Waals surface area contributed by atoms with Crippen LogP contribution in [0.3, 0.4) is 0 Å². The topological polar surface area (TPSA) is 79.5 Å². The van der Waals surface area contributed by atoms with Crippen molar-refractivity contribution in [1.82, 2.24) is 10.6 Å². The van der Waals surface area contributed by atoms with Crippen molar-refractivity contribution in [3.8, 4) is 0 Å². The van der Waals surface area contributed by atoms with E-state index in [-0.39, 0.29) is 17.7 Å². The molecule has 1 saturated heterocycles. The zero-order chi connectivity index (χ0) is 22.0. The first-order valence-corrected chi connectivity index (χ1v) is 10.5. The maximum atomic E-state index is 14.6. The third-order valence-corrected chi connectivity index (χ3v) is 5.92. The molecule has 9 heteroatoms. The molecule has 6 nitrogen and oxygen atoms in total. The van der Waals surface area contributed by atoms with Crippen LogP contribution in [-0.2, 0) is 11.2 Å². The van der Waals surface area contributed by atoms with E-state index in [0.29, 0.717) is 35.2 Å². The van der Waals surface area contributed by atoms with Crippen molar-refractivity contribution in [2.75, 3.05) is 18.5 Å². The molecule has 2 amide bonds. The molecule has 0 aromatic heterocycles. The van der Waals surface area contributed by atoms with Crippen LogP contribution >= 0.6 is 11.6 Å². The number of rotatable bonds is 5. The summed E-state index contributed by atoms with van der Waals surface area (Å²) in [7, 11) is 0. The molecule has 0 unspecified atom stereocenters. The van der Waals surface area contributed by atoms with E-state index in [1.165, 1.54) is 24.3 Å². The van der Waals surface area contributed by atoms with E-state index in [9.17, 15) is 18.4 Å². The Morgan fingerprint density at radius 2 is 1.97 bits per heavy atom. The minimum Gasteiger partial charge on any atom is -0.448 e. The maximum absolute atomic E-state index is 14.6. The second kappa shape index (κ2) is 9.20. The van der Waals surface area contributed by atoms with Gasteiger partial charge in [-0.2, -0.15) is 0 Å². The second-order valence-corrected chi connectivity index (χ2v) is 8.10. The number of carbonyl (C=O) groups is 2. The largest absolute Gasteiger partial charge is 0.448 e. The first-order valence-electron chi connectivity index (χ1n) is 10.2. The van der Waals surface area contributed by atoms with Crippen molar-refractivity contribution in [1.29, 1.82) is 0 Å². The normalized spacial score (nSPS) is 19.7. The fraction of sp³-hybridized carbons (Fsp3) is 0.364. The summed E-state index contributed by atoms with van der Waals surface area (Å²) in [5, 5.41) is 8.49. The Morgan fingerprint density at radius 1 is 1.16 bits per heavy atom. The number of alkyl carbamates (subject to hydrolysis) is 1. The van der Waals surface area contributed by atoms with Gasteiger partial charge in [-0.1, -0.05) is 11.6 Å². The molecule has 2 aliphatic rings. The fourth-order valence-electron chi connectivity index (χ4n) is 4.10. The van der Waals surface area contributed by atoms with Gasteiger partial charge in [-0.15, -0.1) is 0 Å². The summed E-state index contributed by atoms with van der Waals surface area (Å²) in [6, 6.07) is 6.03. The average Bonchev–Trinajstić information content (AvgIpc) is 3.40. The molecule has 1 heterocycles. The molecule has 2 aromatic rings. The lowest BCUT2D eigenvalue weighted by Gasteiger charge is -2.17. The number of benzene rings is 2. The number of ether oxygens (including phenoxy) is 1. The van der Waals surface area contributed by atoms with Crippen LogP contribution in [0.1, 0.15) is 46.8 Å². The molecule has 31 heavy (non-hydrogen) atoms. The lowest BCUT2D eigenvalue weighted by molar-refractivity contribution is 0.102. The summed E-state index contributed by atoms with van der Waals surface area (Å²) < 4.78 is 33.2. The first-order chi connectivity index (χ1) is 14.9. The standard InChI is InChI=1S/C22H22ClF2N3O3/c23-16-10-12(3-6-17(16)24)27-21(29)15-4-7-18(25)20-14(15)5-8-19(20)28-22(30)31-11-13-2-1-9-26-13/h3-4,6-7,10,13,19,26H,1-2,5,8-9,11H2,(H,27,29)(H,28,30)/t13-,19-/m0/s1. The van der Waals surface area contributed by atoms with Crippen LogP contribution in [0, 0.1) is 11.6 Å². The van der Waals surface area contributed by atoms with E-state index >= 15 is 0 Å². The van der Waals surface area contributed by atoms with Crippen molar-refractivity contribution in [2.45, 2.75) is 37.8 Å². The maximum Gasteiger partial charge on any atom is 0.407 e. The molecule has 4 rings (SSSR count). The van der Waals surface area contributed by atoms with Gasteiger partial charge in [-0.05, 0) is 68.1 Å². The Bertz CT molecular complexity index is 1010. The average molecular weight is 450 g/mol. The number of fused-ring (bicyclic) bond motifs is 1. The number of anilines is 1. The Balaban J connectivity index is 1.46. The Labute approximate surface area is 183 Å². The highest BCUT2D eigenvalue weighted by atomic mass is 35.5. The van der Waals surface area contributed by atoms with Crippen LogP contribution < -0.4 is 16.0 Å². The van der Waals surface area contributed by atoms with Crippen molar-refractivity contribution >= 4 is 29.3 Å². The van der Waals surface area contributed by atoms with Crippen molar-refractivity contribution in [3.05, 3.63) is 63.7 Å². The van der Waals surface area contributed by atoms with Gasteiger partial charge in [-0.3, -0.25) is 4.79 Å². The van der Waals surface area contributed by atoms with Gasteiger partial charge in [0.2, 0.25) is 0 Å². The molecule has 2 atom stereocenters. The monoisotopic (exact) mass is 449 g/mol. The highest BCUT2D eigenvalue weighted by molar-refractivity contribution is 6.31. The van der Waals surface area contributed by atoms with Crippen molar-refractivity contribution < 1.29 is 23.1 Å². The molecule has 0 bridgehead atoms. The molecule has 0 saturated carbocycles. The van der Waals surface area contributed by atoms with E-state index in [1.807, 2.05) is 0 Å². The molecule has 1 fully saturated rings. The minimum absolute atomic E-state index is 0.113. The Morgan fingerprint density at radius 3 is 2.71 bits per heavy atom. The SMILES string of the molecule is O=C(N[C@H]1CCc2c(C(=O)Nc3ccc(F)c(Cl)c3)ccc(F)c21)OC[C@@H]1CCCN1. The van der Waals surface area contributed by atoms with Gasteiger partial charge in [0.25, 0.3) is 5.91 Å².